The maximum atomic E-state index is 13.3. The molecular formula is C44H48N6O7. The largest absolute Gasteiger partial charge is 0.488 e. The first kappa shape index (κ1) is 36.8. The molecule has 57 heavy (non-hydrogen) atoms. The van der Waals surface area contributed by atoms with E-state index in [9.17, 15) is 9.59 Å². The molecule has 296 valence electrons. The average molecular weight is 773 g/mol. The molecule has 0 radical (unpaired) electrons. The van der Waals surface area contributed by atoms with Crippen molar-refractivity contribution in [3.8, 4) is 45.1 Å². The van der Waals surface area contributed by atoms with Gasteiger partial charge in [0.05, 0.1) is 42.5 Å². The molecular weight excluding hydrogens is 725 g/mol. The van der Waals surface area contributed by atoms with Gasteiger partial charge in [0.15, 0.2) is 0 Å². The van der Waals surface area contributed by atoms with Gasteiger partial charge < -0.3 is 33.7 Å². The van der Waals surface area contributed by atoms with Crippen molar-refractivity contribution < 1.29 is 33.3 Å². The molecule has 5 aromatic rings. The normalized spacial score (nSPS) is 20.9. The van der Waals surface area contributed by atoms with Crippen LogP contribution < -0.4 is 9.47 Å². The zero-order valence-corrected chi connectivity index (χ0v) is 33.0. The Hall–Kier alpha value is -5.82. The number of aromatic amines is 2. The molecule has 0 saturated carbocycles. The van der Waals surface area contributed by atoms with Gasteiger partial charge in [0.25, 0.3) is 0 Å². The third-order valence-corrected chi connectivity index (χ3v) is 11.2. The molecule has 2 aromatic heterocycles. The number of amides is 2. The van der Waals surface area contributed by atoms with E-state index in [1.165, 1.54) is 0 Å². The number of carbonyl (C=O) groups excluding carboxylic acids is 2. The van der Waals surface area contributed by atoms with Crippen LogP contribution in [-0.4, -0.2) is 74.3 Å². The van der Waals surface area contributed by atoms with Crippen molar-refractivity contribution in [2.75, 3.05) is 26.8 Å². The number of carbonyl (C=O) groups is 2. The van der Waals surface area contributed by atoms with Crippen molar-refractivity contribution in [2.45, 2.75) is 78.0 Å². The van der Waals surface area contributed by atoms with Crippen molar-refractivity contribution in [1.29, 1.82) is 0 Å². The number of imidazole rings is 2. The van der Waals surface area contributed by atoms with Gasteiger partial charge in [-0.1, -0.05) is 37.3 Å². The van der Waals surface area contributed by atoms with Crippen molar-refractivity contribution >= 4 is 12.2 Å². The standard InChI is InChI=1S/C44H48N6O7/c1-25-11-34(49(19-25)42(51)56-22-26-9-7-6-8-10-26)40-45-17-32(47-40)28-13-30-23-55-37-16-29(14-31-24-54-36(15-28)38(30)39(31)37)33-18-46-41(48-33)35-12-27(21-53-5)20-50(35)43(52)57-44(2,3)4/h6-10,13-18,25,27,34-35H,11-12,19-24H2,1-5H3,(H,45,47)(H,46,48). The number of benzene rings is 3. The molecule has 4 aliphatic heterocycles. The van der Waals surface area contributed by atoms with Crippen molar-refractivity contribution in [3.05, 3.63) is 95.3 Å². The molecule has 4 atom stereocenters. The minimum absolute atomic E-state index is 0.174. The van der Waals surface area contributed by atoms with E-state index in [0.717, 1.165) is 80.5 Å². The second kappa shape index (κ2) is 14.6. The van der Waals surface area contributed by atoms with E-state index in [2.05, 4.69) is 41.2 Å². The van der Waals surface area contributed by atoms with Gasteiger partial charge in [0.2, 0.25) is 0 Å². The lowest BCUT2D eigenvalue weighted by atomic mass is 9.87. The van der Waals surface area contributed by atoms with E-state index >= 15 is 0 Å². The summed E-state index contributed by atoms with van der Waals surface area (Å²) in [6.07, 6.45) is 4.46. The molecule has 13 nitrogen and oxygen atoms in total. The molecule has 4 unspecified atom stereocenters. The van der Waals surface area contributed by atoms with E-state index in [4.69, 9.17) is 33.7 Å². The Morgan fingerprint density at radius 1 is 0.807 bits per heavy atom. The number of nitrogens with one attached hydrogen (secondary N) is 2. The molecule has 3 aromatic carbocycles. The Labute approximate surface area is 331 Å². The van der Waals surface area contributed by atoms with E-state index in [-0.39, 0.29) is 36.8 Å². The van der Waals surface area contributed by atoms with Crippen LogP contribution in [0.2, 0.25) is 0 Å². The molecule has 2 amide bonds. The van der Waals surface area contributed by atoms with Crippen LogP contribution in [0.4, 0.5) is 9.59 Å². The van der Waals surface area contributed by atoms with Gasteiger partial charge in [-0.25, -0.2) is 19.6 Å². The summed E-state index contributed by atoms with van der Waals surface area (Å²) in [4.78, 5) is 46.6. The van der Waals surface area contributed by atoms with Crippen molar-refractivity contribution in [3.63, 3.8) is 0 Å². The first-order valence-corrected chi connectivity index (χ1v) is 19.7. The van der Waals surface area contributed by atoms with Crippen molar-refractivity contribution in [1.82, 2.24) is 29.7 Å². The molecule has 13 heteroatoms. The highest BCUT2D eigenvalue weighted by atomic mass is 16.6. The third kappa shape index (κ3) is 7.20. The summed E-state index contributed by atoms with van der Waals surface area (Å²) in [5.41, 5.74) is 8.00. The van der Waals surface area contributed by atoms with Crippen LogP contribution in [-0.2, 0) is 34.0 Å². The first-order valence-electron chi connectivity index (χ1n) is 19.7. The highest BCUT2D eigenvalue weighted by Gasteiger charge is 2.41. The number of methoxy groups -OCH3 is 1. The lowest BCUT2D eigenvalue weighted by molar-refractivity contribution is 0.0208. The molecule has 2 fully saturated rings. The quantitative estimate of drug-likeness (QED) is 0.159. The summed E-state index contributed by atoms with van der Waals surface area (Å²) in [5.74, 6) is 3.51. The Kier molecular flexibility index (Phi) is 9.42. The summed E-state index contributed by atoms with van der Waals surface area (Å²) in [6, 6.07) is 17.6. The maximum absolute atomic E-state index is 13.3. The van der Waals surface area contributed by atoms with E-state index in [1.807, 2.05) is 63.5 Å². The molecule has 9 rings (SSSR count). The minimum Gasteiger partial charge on any atom is -0.488 e. The zero-order valence-electron chi connectivity index (χ0n) is 33.0. The van der Waals surface area contributed by atoms with E-state index in [1.54, 1.807) is 16.9 Å². The molecule has 0 spiro atoms. The van der Waals surface area contributed by atoms with Gasteiger partial charge in [-0.2, -0.15) is 0 Å². The Bertz CT molecular complexity index is 2260. The third-order valence-electron chi connectivity index (χ3n) is 11.2. The fourth-order valence-electron chi connectivity index (χ4n) is 8.67. The van der Waals surface area contributed by atoms with Gasteiger partial charge in [0.1, 0.15) is 48.6 Å². The summed E-state index contributed by atoms with van der Waals surface area (Å²) in [7, 11) is 1.68. The highest BCUT2D eigenvalue weighted by molar-refractivity contribution is 5.88. The van der Waals surface area contributed by atoms with Gasteiger partial charge in [-0.15, -0.1) is 0 Å². The number of ether oxygens (including phenoxy) is 5. The maximum Gasteiger partial charge on any atom is 0.410 e. The summed E-state index contributed by atoms with van der Waals surface area (Å²) >= 11 is 0. The zero-order chi connectivity index (χ0) is 39.4. The fraction of sp³-hybridized carbons (Fsp3) is 0.409. The number of aromatic nitrogens is 4. The fourth-order valence-corrected chi connectivity index (χ4v) is 8.67. The highest BCUT2D eigenvalue weighted by Crippen LogP contribution is 2.51. The SMILES string of the molecule is COCC1CC(c2ncc(-c3cc4c5c(c3)OCc3cc(-c6cnc(C7CC(C)CN7C(=O)OCc7ccccc7)[nH]6)cc(c3-5)OC4)[nH]2)N(C(=O)OC(C)(C)C)C1. The van der Waals surface area contributed by atoms with Crippen molar-refractivity contribution in [2.24, 2.45) is 11.8 Å². The van der Waals surface area contributed by atoms with Crippen LogP contribution in [0.5, 0.6) is 11.5 Å². The summed E-state index contributed by atoms with van der Waals surface area (Å²) < 4.78 is 29.8. The van der Waals surface area contributed by atoms with Gasteiger partial charge in [-0.05, 0) is 69.4 Å². The Balaban J connectivity index is 0.944. The lowest BCUT2D eigenvalue weighted by Gasteiger charge is -2.30. The second-order valence-corrected chi connectivity index (χ2v) is 16.7. The van der Waals surface area contributed by atoms with Crippen LogP contribution in [0, 0.1) is 11.8 Å². The smallest absolute Gasteiger partial charge is 0.410 e. The predicted octanol–water partition coefficient (Wildman–Crippen LogP) is 8.58. The van der Waals surface area contributed by atoms with Crippen LogP contribution in [0.3, 0.4) is 0 Å². The second-order valence-electron chi connectivity index (χ2n) is 16.7. The van der Waals surface area contributed by atoms with Crippen LogP contribution in [0.1, 0.15) is 81.0 Å². The Morgan fingerprint density at radius 2 is 1.39 bits per heavy atom. The number of likely N-dealkylation sites (tertiary alicyclic amines) is 2. The summed E-state index contributed by atoms with van der Waals surface area (Å²) in [6.45, 7) is 10.4. The molecule has 4 aliphatic rings. The topological polar surface area (TPSA) is 144 Å². The molecule has 6 heterocycles. The minimum atomic E-state index is -0.608. The molecule has 0 aliphatic carbocycles. The monoisotopic (exact) mass is 772 g/mol. The number of rotatable bonds is 8. The van der Waals surface area contributed by atoms with Gasteiger partial charge in [0, 0.05) is 59.5 Å². The Morgan fingerprint density at radius 3 is 1.96 bits per heavy atom. The van der Waals surface area contributed by atoms with Gasteiger partial charge >= 0.3 is 12.2 Å². The van der Waals surface area contributed by atoms with E-state index in [0.29, 0.717) is 44.7 Å². The predicted molar refractivity (Wildman–Crippen MR) is 211 cm³/mol. The molecule has 2 saturated heterocycles. The first-order chi connectivity index (χ1) is 27.5. The average Bonchev–Trinajstić information content (AvgIpc) is 4.02. The number of hydrogen-bond acceptors (Lipinski definition) is 9. The lowest BCUT2D eigenvalue weighted by Crippen LogP contribution is -2.37. The molecule has 0 bridgehead atoms. The van der Waals surface area contributed by atoms with Crippen LogP contribution >= 0.6 is 0 Å². The number of nitrogens with zero attached hydrogens (tertiary/aromatic N) is 4. The van der Waals surface area contributed by atoms with Crippen LogP contribution in [0.15, 0.2) is 67.0 Å². The molecule has 2 N–H and O–H groups in total. The van der Waals surface area contributed by atoms with E-state index < -0.39 is 5.60 Å². The number of H-pyrrole nitrogens is 2. The summed E-state index contributed by atoms with van der Waals surface area (Å²) in [5, 5.41) is 0. The van der Waals surface area contributed by atoms with Gasteiger partial charge in [-0.3, -0.25) is 9.80 Å². The van der Waals surface area contributed by atoms with Crippen LogP contribution in [0.25, 0.3) is 33.6 Å². The number of hydrogen-bond donors (Lipinski definition) is 2.